The van der Waals surface area contributed by atoms with E-state index in [0.717, 1.165) is 34.9 Å². The van der Waals surface area contributed by atoms with Crippen LogP contribution >= 0.6 is 0 Å². The molecule has 8 heteroatoms. The van der Waals surface area contributed by atoms with E-state index >= 15 is 0 Å². The minimum absolute atomic E-state index is 0.207. The van der Waals surface area contributed by atoms with Gasteiger partial charge in [-0.25, -0.2) is 0 Å². The predicted molar refractivity (Wildman–Crippen MR) is 110 cm³/mol. The highest BCUT2D eigenvalue weighted by Crippen LogP contribution is 2.30. The van der Waals surface area contributed by atoms with Crippen LogP contribution in [0, 0.1) is 6.92 Å². The van der Waals surface area contributed by atoms with Crippen LogP contribution in [0.1, 0.15) is 17.0 Å². The number of hydrogen-bond acceptors (Lipinski definition) is 7. The van der Waals surface area contributed by atoms with Crippen molar-refractivity contribution in [1.29, 1.82) is 0 Å². The Balaban J connectivity index is 1.44. The van der Waals surface area contributed by atoms with E-state index in [-0.39, 0.29) is 5.95 Å². The second-order valence-electron chi connectivity index (χ2n) is 7.16. The van der Waals surface area contributed by atoms with Crippen LogP contribution in [0.4, 0.5) is 17.6 Å². The SMILES string of the molecule is Cc1ccccc1Nc1nc(N)nc(C[NH+](C)Cc2ccc3c(c2)OCCO3)n1. The van der Waals surface area contributed by atoms with Crippen LogP contribution < -0.4 is 25.4 Å². The topological polar surface area (TPSA) is 99.6 Å². The van der Waals surface area contributed by atoms with Crippen LogP contribution in [-0.4, -0.2) is 35.2 Å². The number of nitrogens with one attached hydrogen (secondary N) is 2. The molecule has 0 saturated heterocycles. The second-order valence-corrected chi connectivity index (χ2v) is 7.16. The molecule has 0 aliphatic carbocycles. The van der Waals surface area contributed by atoms with Crippen LogP contribution in [0.5, 0.6) is 11.5 Å². The molecule has 150 valence electrons. The highest BCUT2D eigenvalue weighted by Gasteiger charge is 2.15. The zero-order valence-electron chi connectivity index (χ0n) is 16.6. The van der Waals surface area contributed by atoms with Gasteiger partial charge in [-0.1, -0.05) is 18.2 Å². The van der Waals surface area contributed by atoms with E-state index in [1.165, 1.54) is 4.90 Å². The minimum Gasteiger partial charge on any atom is -0.486 e. The summed E-state index contributed by atoms with van der Waals surface area (Å²) < 4.78 is 11.3. The molecule has 0 spiro atoms. The summed E-state index contributed by atoms with van der Waals surface area (Å²) in [4.78, 5) is 14.3. The number of nitrogens with zero attached hydrogens (tertiary/aromatic N) is 3. The first kappa shape index (κ1) is 18.9. The number of anilines is 3. The Hall–Kier alpha value is -3.39. The van der Waals surface area contributed by atoms with Crippen LogP contribution in [0.15, 0.2) is 42.5 Å². The zero-order valence-corrected chi connectivity index (χ0v) is 16.6. The van der Waals surface area contributed by atoms with Gasteiger partial charge in [0.15, 0.2) is 17.3 Å². The number of para-hydroxylation sites is 1. The fourth-order valence-electron chi connectivity index (χ4n) is 3.29. The Morgan fingerprint density at radius 2 is 1.79 bits per heavy atom. The molecule has 0 bridgehead atoms. The lowest BCUT2D eigenvalue weighted by Crippen LogP contribution is -3.06. The number of ether oxygens (including phenoxy) is 2. The molecule has 1 aromatic heterocycles. The van der Waals surface area contributed by atoms with Crippen molar-refractivity contribution in [2.75, 3.05) is 31.3 Å². The third-order valence-corrected chi connectivity index (χ3v) is 4.66. The van der Waals surface area contributed by atoms with Crippen LogP contribution in [-0.2, 0) is 13.1 Å². The van der Waals surface area contributed by atoms with Gasteiger partial charge < -0.3 is 25.4 Å². The van der Waals surface area contributed by atoms with E-state index in [9.17, 15) is 0 Å². The van der Waals surface area contributed by atoms with Crippen molar-refractivity contribution in [3.63, 3.8) is 0 Å². The highest BCUT2D eigenvalue weighted by atomic mass is 16.6. The van der Waals surface area contributed by atoms with Gasteiger partial charge in [0, 0.05) is 11.3 Å². The summed E-state index contributed by atoms with van der Waals surface area (Å²) >= 11 is 0. The zero-order chi connectivity index (χ0) is 20.2. The normalized spacial score (nSPS) is 13.7. The Bertz CT molecular complexity index is 1010. The maximum Gasteiger partial charge on any atom is 0.232 e. The summed E-state index contributed by atoms with van der Waals surface area (Å²) in [6.07, 6.45) is 0. The monoisotopic (exact) mass is 393 g/mol. The van der Waals surface area contributed by atoms with Gasteiger partial charge in [0.2, 0.25) is 11.9 Å². The van der Waals surface area contributed by atoms with Crippen LogP contribution in [0.25, 0.3) is 0 Å². The molecule has 4 rings (SSSR count). The van der Waals surface area contributed by atoms with Crippen molar-refractivity contribution in [3.8, 4) is 11.5 Å². The van der Waals surface area contributed by atoms with E-state index < -0.39 is 0 Å². The van der Waals surface area contributed by atoms with E-state index in [1.54, 1.807) is 0 Å². The summed E-state index contributed by atoms with van der Waals surface area (Å²) in [6, 6.07) is 14.0. The molecule has 3 aromatic rings. The first-order valence-corrected chi connectivity index (χ1v) is 9.60. The molecule has 0 fully saturated rings. The number of nitrogen functional groups attached to an aromatic ring is 1. The van der Waals surface area contributed by atoms with Gasteiger partial charge in [-0.05, 0) is 36.8 Å². The average Bonchev–Trinajstić information content (AvgIpc) is 2.69. The van der Waals surface area contributed by atoms with E-state index in [0.29, 0.717) is 31.5 Å². The van der Waals surface area contributed by atoms with Crippen LogP contribution in [0.2, 0.25) is 0 Å². The number of benzene rings is 2. The molecule has 4 N–H and O–H groups in total. The van der Waals surface area contributed by atoms with Crippen molar-refractivity contribution in [2.45, 2.75) is 20.0 Å². The van der Waals surface area contributed by atoms with Gasteiger partial charge in [-0.15, -0.1) is 0 Å². The van der Waals surface area contributed by atoms with Gasteiger partial charge in [-0.3, -0.25) is 0 Å². The predicted octanol–water partition coefficient (Wildman–Crippen LogP) is 1.49. The van der Waals surface area contributed by atoms with Crippen molar-refractivity contribution in [1.82, 2.24) is 15.0 Å². The Morgan fingerprint density at radius 3 is 2.62 bits per heavy atom. The summed E-state index contributed by atoms with van der Waals surface area (Å²) in [7, 11) is 2.09. The van der Waals surface area contributed by atoms with Crippen molar-refractivity contribution >= 4 is 17.6 Å². The molecular formula is C21H25N6O2+. The lowest BCUT2D eigenvalue weighted by Gasteiger charge is -2.20. The largest absolute Gasteiger partial charge is 0.486 e. The lowest BCUT2D eigenvalue weighted by molar-refractivity contribution is -0.908. The number of aromatic nitrogens is 3. The molecule has 2 aromatic carbocycles. The number of rotatable bonds is 6. The van der Waals surface area contributed by atoms with Crippen LogP contribution in [0.3, 0.4) is 0 Å². The first-order chi connectivity index (χ1) is 14.1. The van der Waals surface area contributed by atoms with E-state index in [1.807, 2.05) is 43.3 Å². The summed E-state index contributed by atoms with van der Waals surface area (Å²) in [6.45, 7) is 4.61. The standard InChI is InChI=1S/C21H24N6O2/c1-14-5-3-4-6-16(14)23-21-25-19(24-20(22)26-21)13-27(2)12-15-7-8-17-18(11-15)29-10-9-28-17/h3-8,11H,9-10,12-13H2,1-2H3,(H3,22,23,24,25,26)/p+1. The number of fused-ring (bicyclic) bond motifs is 1. The van der Waals surface area contributed by atoms with Crippen molar-refractivity contribution < 1.29 is 14.4 Å². The van der Waals surface area contributed by atoms with E-state index in [4.69, 9.17) is 15.2 Å². The highest BCUT2D eigenvalue weighted by molar-refractivity contribution is 5.58. The second kappa shape index (κ2) is 8.32. The number of aryl methyl sites for hydroxylation is 1. The number of quaternary nitrogens is 1. The molecule has 1 aliphatic heterocycles. The smallest absolute Gasteiger partial charge is 0.232 e. The molecule has 8 nitrogen and oxygen atoms in total. The fourth-order valence-corrected chi connectivity index (χ4v) is 3.29. The van der Waals surface area contributed by atoms with E-state index in [2.05, 4.69) is 33.4 Å². The molecule has 1 atom stereocenters. The minimum atomic E-state index is 0.207. The molecule has 0 amide bonds. The Labute approximate surface area is 169 Å². The first-order valence-electron chi connectivity index (χ1n) is 9.60. The quantitative estimate of drug-likeness (QED) is 0.583. The van der Waals surface area contributed by atoms with Gasteiger partial charge in [-0.2, -0.15) is 15.0 Å². The maximum absolute atomic E-state index is 5.91. The molecule has 0 radical (unpaired) electrons. The maximum atomic E-state index is 5.91. The third kappa shape index (κ3) is 4.72. The molecule has 0 saturated carbocycles. The summed E-state index contributed by atoms with van der Waals surface area (Å²) in [5.74, 6) is 2.90. The lowest BCUT2D eigenvalue weighted by atomic mass is 10.2. The molecular weight excluding hydrogens is 368 g/mol. The van der Waals surface area contributed by atoms with Gasteiger partial charge in [0.1, 0.15) is 26.3 Å². The molecule has 29 heavy (non-hydrogen) atoms. The van der Waals surface area contributed by atoms with Gasteiger partial charge >= 0.3 is 0 Å². The van der Waals surface area contributed by atoms with Crippen molar-refractivity contribution in [2.24, 2.45) is 0 Å². The fraction of sp³-hybridized carbons (Fsp3) is 0.286. The number of nitrogens with two attached hydrogens (primary N) is 1. The molecule has 2 heterocycles. The van der Waals surface area contributed by atoms with Gasteiger partial charge in [0.25, 0.3) is 0 Å². The molecule has 1 unspecified atom stereocenters. The Morgan fingerprint density at radius 1 is 1.00 bits per heavy atom. The summed E-state index contributed by atoms with van der Waals surface area (Å²) in [5.41, 5.74) is 9.12. The number of hydrogen-bond donors (Lipinski definition) is 3. The average molecular weight is 393 g/mol. The summed E-state index contributed by atoms with van der Waals surface area (Å²) in [5, 5.41) is 3.23. The van der Waals surface area contributed by atoms with Gasteiger partial charge in [0.05, 0.1) is 7.05 Å². The van der Waals surface area contributed by atoms with Crippen molar-refractivity contribution in [3.05, 3.63) is 59.4 Å². The molecule has 1 aliphatic rings. The Kier molecular flexibility index (Phi) is 5.44. The third-order valence-electron chi connectivity index (χ3n) is 4.66.